The zero-order chi connectivity index (χ0) is 16.4. The van der Waals surface area contributed by atoms with E-state index in [1.807, 2.05) is 24.3 Å². The van der Waals surface area contributed by atoms with Crippen LogP contribution in [0.4, 0.5) is 0 Å². The van der Waals surface area contributed by atoms with Crippen LogP contribution >= 0.6 is 11.8 Å². The van der Waals surface area contributed by atoms with Crippen LogP contribution in [0.5, 0.6) is 0 Å². The number of rotatable bonds is 5. The molecule has 1 unspecified atom stereocenters. The lowest BCUT2D eigenvalue weighted by Crippen LogP contribution is -2.27. The maximum atomic E-state index is 11.8. The van der Waals surface area contributed by atoms with Crippen LogP contribution in [0.3, 0.4) is 0 Å². The molecule has 8 heteroatoms. The molecule has 0 aliphatic carbocycles. The molecule has 1 N–H and O–H groups in total. The first kappa shape index (κ1) is 15.4. The number of Topliss-reactive ketones (excluding diaryl/α,β-unsaturated/α-hetero) is 1. The predicted octanol–water partition coefficient (Wildman–Crippen LogP) is 2.12. The number of nitrogens with one attached hydrogen (secondary N) is 1. The number of ketones is 1. The molecule has 0 bridgehead atoms. The van der Waals surface area contributed by atoms with Crippen molar-refractivity contribution in [2.45, 2.75) is 24.3 Å². The summed E-state index contributed by atoms with van der Waals surface area (Å²) in [6, 6.07) is 7.66. The molecule has 1 aromatic carbocycles. The Morgan fingerprint density at radius 1 is 1.30 bits per heavy atom. The van der Waals surface area contributed by atoms with Crippen LogP contribution in [0.1, 0.15) is 13.8 Å². The van der Waals surface area contributed by atoms with Gasteiger partial charge in [-0.25, -0.2) is 4.98 Å². The lowest BCUT2D eigenvalue weighted by Gasteiger charge is -2.10. The van der Waals surface area contributed by atoms with E-state index < -0.39 is 11.2 Å². The summed E-state index contributed by atoms with van der Waals surface area (Å²) < 4.78 is 4.91. The van der Waals surface area contributed by atoms with Gasteiger partial charge in [-0.2, -0.15) is 0 Å². The molecule has 2 heterocycles. The molecule has 23 heavy (non-hydrogen) atoms. The fourth-order valence-electron chi connectivity index (χ4n) is 2.18. The molecular formula is C15H14N4O3S. The molecular weight excluding hydrogens is 316 g/mol. The van der Waals surface area contributed by atoms with Crippen LogP contribution in [0.25, 0.3) is 22.1 Å². The molecule has 118 valence electrons. The summed E-state index contributed by atoms with van der Waals surface area (Å²) in [5.41, 5.74) is 2.12. The number of aromatic amines is 1. The first-order valence-electron chi connectivity index (χ1n) is 7.05. The molecule has 0 spiro atoms. The first-order valence-corrected chi connectivity index (χ1v) is 7.93. The number of carbonyl (C=O) groups is 2. The molecule has 7 nitrogen and oxygen atoms in total. The van der Waals surface area contributed by atoms with E-state index in [1.165, 1.54) is 6.92 Å². The fourth-order valence-corrected chi connectivity index (χ4v) is 2.95. The number of H-pyrrole nitrogens is 1. The van der Waals surface area contributed by atoms with Crippen molar-refractivity contribution in [2.24, 2.45) is 0 Å². The van der Waals surface area contributed by atoms with E-state index in [0.29, 0.717) is 11.2 Å². The van der Waals surface area contributed by atoms with Crippen LogP contribution < -0.4 is 0 Å². The van der Waals surface area contributed by atoms with Gasteiger partial charge in [0.15, 0.2) is 16.7 Å². The predicted molar refractivity (Wildman–Crippen MR) is 86.1 cm³/mol. The maximum absolute atomic E-state index is 11.8. The number of benzene rings is 1. The highest BCUT2D eigenvalue weighted by Gasteiger charge is 2.27. The molecule has 0 aliphatic heterocycles. The SMILES string of the molecule is CCOC(=O)C(Sc1nnc2c(n1)[nH]c1ccccc12)C(C)=O. The van der Waals surface area contributed by atoms with Crippen molar-refractivity contribution < 1.29 is 14.3 Å². The number of fused-ring (bicyclic) bond motifs is 3. The Morgan fingerprint density at radius 3 is 2.83 bits per heavy atom. The number of hydrogen-bond acceptors (Lipinski definition) is 7. The van der Waals surface area contributed by atoms with Gasteiger partial charge in [0.25, 0.3) is 0 Å². The van der Waals surface area contributed by atoms with E-state index in [0.717, 1.165) is 22.7 Å². The van der Waals surface area contributed by atoms with Crippen LogP contribution in [0.15, 0.2) is 29.4 Å². The van der Waals surface area contributed by atoms with Gasteiger partial charge in [0.2, 0.25) is 5.16 Å². The van der Waals surface area contributed by atoms with Gasteiger partial charge in [-0.3, -0.25) is 9.59 Å². The minimum atomic E-state index is -0.987. The number of carbonyl (C=O) groups excluding carboxylic acids is 2. The molecule has 0 saturated carbocycles. The van der Waals surface area contributed by atoms with Crippen molar-refractivity contribution in [1.82, 2.24) is 20.2 Å². The number of nitrogens with zero attached hydrogens (tertiary/aromatic N) is 3. The third kappa shape index (κ3) is 3.02. The number of ether oxygens (including phenoxy) is 1. The van der Waals surface area contributed by atoms with Gasteiger partial charge in [0.05, 0.1) is 6.61 Å². The van der Waals surface area contributed by atoms with Crippen LogP contribution in [-0.2, 0) is 14.3 Å². The smallest absolute Gasteiger partial charge is 0.327 e. The average Bonchev–Trinajstić information content (AvgIpc) is 2.90. The Bertz CT molecular complexity index is 893. The Hall–Kier alpha value is -2.48. The minimum Gasteiger partial charge on any atom is -0.465 e. The quantitative estimate of drug-likeness (QED) is 0.434. The topological polar surface area (TPSA) is 97.8 Å². The summed E-state index contributed by atoms with van der Waals surface area (Å²) in [7, 11) is 0. The summed E-state index contributed by atoms with van der Waals surface area (Å²) in [6.07, 6.45) is 0. The molecule has 0 amide bonds. The largest absolute Gasteiger partial charge is 0.465 e. The Labute approximate surface area is 135 Å². The molecule has 3 rings (SSSR count). The Kier molecular flexibility index (Phi) is 4.24. The van der Waals surface area contributed by atoms with Gasteiger partial charge in [0, 0.05) is 10.9 Å². The van der Waals surface area contributed by atoms with Crippen LogP contribution in [-0.4, -0.2) is 43.8 Å². The molecule has 1 atom stereocenters. The van der Waals surface area contributed by atoms with Crippen LogP contribution in [0.2, 0.25) is 0 Å². The standard InChI is InChI=1S/C15H14N4O3S/c1-3-22-14(21)12(8(2)20)23-15-17-13-11(18-19-15)9-6-4-5-7-10(9)16-13/h4-7,12H,3H2,1-2H3,(H,16,17,19). The van der Waals surface area contributed by atoms with E-state index in [-0.39, 0.29) is 17.5 Å². The lowest BCUT2D eigenvalue weighted by molar-refractivity contribution is -0.144. The second kappa shape index (κ2) is 6.33. The second-order valence-corrected chi connectivity index (χ2v) is 5.90. The summed E-state index contributed by atoms with van der Waals surface area (Å²) in [5.74, 6) is -0.904. The van der Waals surface area contributed by atoms with Gasteiger partial charge < -0.3 is 9.72 Å². The Morgan fingerprint density at radius 2 is 2.09 bits per heavy atom. The zero-order valence-electron chi connectivity index (χ0n) is 12.6. The van der Waals surface area contributed by atoms with E-state index in [4.69, 9.17) is 4.74 Å². The zero-order valence-corrected chi connectivity index (χ0v) is 13.4. The van der Waals surface area contributed by atoms with Gasteiger partial charge in [-0.15, -0.1) is 10.2 Å². The van der Waals surface area contributed by atoms with Crippen molar-refractivity contribution in [2.75, 3.05) is 6.61 Å². The van der Waals surface area contributed by atoms with Crippen molar-refractivity contribution in [3.05, 3.63) is 24.3 Å². The van der Waals surface area contributed by atoms with Crippen molar-refractivity contribution in [3.63, 3.8) is 0 Å². The van der Waals surface area contributed by atoms with E-state index in [1.54, 1.807) is 6.92 Å². The molecule has 2 aromatic heterocycles. The van der Waals surface area contributed by atoms with E-state index in [2.05, 4.69) is 20.2 Å². The van der Waals surface area contributed by atoms with Crippen molar-refractivity contribution in [1.29, 1.82) is 0 Å². The van der Waals surface area contributed by atoms with Gasteiger partial charge >= 0.3 is 5.97 Å². The number of aromatic nitrogens is 4. The molecule has 0 radical (unpaired) electrons. The third-order valence-electron chi connectivity index (χ3n) is 3.20. The minimum absolute atomic E-state index is 0.212. The molecule has 3 aromatic rings. The van der Waals surface area contributed by atoms with E-state index in [9.17, 15) is 9.59 Å². The maximum Gasteiger partial charge on any atom is 0.327 e. The highest BCUT2D eigenvalue weighted by atomic mass is 32.2. The van der Waals surface area contributed by atoms with Crippen molar-refractivity contribution >= 4 is 45.6 Å². The molecule has 0 fully saturated rings. The average molecular weight is 330 g/mol. The number of para-hydroxylation sites is 1. The van der Waals surface area contributed by atoms with Gasteiger partial charge in [-0.05, 0) is 19.9 Å². The normalized spacial score (nSPS) is 12.4. The summed E-state index contributed by atoms with van der Waals surface area (Å²) in [6.45, 7) is 3.24. The Balaban J connectivity index is 1.94. The van der Waals surface area contributed by atoms with Gasteiger partial charge in [-0.1, -0.05) is 30.0 Å². The second-order valence-electron chi connectivity index (χ2n) is 4.82. The summed E-state index contributed by atoms with van der Waals surface area (Å²) in [4.78, 5) is 31.0. The lowest BCUT2D eigenvalue weighted by atomic mass is 10.2. The highest BCUT2D eigenvalue weighted by molar-refractivity contribution is 8.01. The van der Waals surface area contributed by atoms with Gasteiger partial charge in [0.1, 0.15) is 5.52 Å². The summed E-state index contributed by atoms with van der Waals surface area (Å²) in [5, 5.41) is 8.36. The molecule has 0 aliphatic rings. The monoisotopic (exact) mass is 330 g/mol. The first-order chi connectivity index (χ1) is 11.1. The third-order valence-corrected chi connectivity index (χ3v) is 4.34. The van der Waals surface area contributed by atoms with E-state index >= 15 is 0 Å². The number of esters is 1. The van der Waals surface area contributed by atoms with Crippen LogP contribution in [0, 0.1) is 0 Å². The molecule has 0 saturated heterocycles. The highest BCUT2D eigenvalue weighted by Crippen LogP contribution is 2.25. The summed E-state index contributed by atoms with van der Waals surface area (Å²) >= 11 is 0.941. The van der Waals surface area contributed by atoms with Crippen molar-refractivity contribution in [3.8, 4) is 0 Å². The number of hydrogen-bond donors (Lipinski definition) is 1. The fraction of sp³-hybridized carbons (Fsp3) is 0.267. The number of thioether (sulfide) groups is 1.